The van der Waals surface area contributed by atoms with Gasteiger partial charge in [0.2, 0.25) is 0 Å². The van der Waals surface area contributed by atoms with E-state index in [1.807, 2.05) is 37.3 Å². The van der Waals surface area contributed by atoms with Crippen molar-refractivity contribution in [3.05, 3.63) is 125 Å². The summed E-state index contributed by atoms with van der Waals surface area (Å²) >= 11 is 0. The number of benzene rings is 4. The zero-order valence-corrected chi connectivity index (χ0v) is 24.1. The fourth-order valence-electron chi connectivity index (χ4n) is 5.14. The molecular formula is C36H37NO4. The fraction of sp³-hybridized carbons (Fsp3) is 0.250. The van der Waals surface area contributed by atoms with Crippen molar-refractivity contribution in [2.24, 2.45) is 0 Å². The van der Waals surface area contributed by atoms with Gasteiger partial charge in [-0.3, -0.25) is 9.69 Å². The Morgan fingerprint density at radius 1 is 0.805 bits per heavy atom. The highest BCUT2D eigenvalue weighted by Gasteiger charge is 2.16. The maximum absolute atomic E-state index is 12.1. The quantitative estimate of drug-likeness (QED) is 0.148. The second kappa shape index (κ2) is 13.3. The van der Waals surface area contributed by atoms with E-state index >= 15 is 0 Å². The number of fused-ring (bicyclic) bond motifs is 1. The molecular weight excluding hydrogens is 510 g/mol. The lowest BCUT2D eigenvalue weighted by molar-refractivity contribution is -0.142. The molecule has 5 aromatic rings. The molecule has 1 heterocycles. The lowest BCUT2D eigenvalue weighted by Gasteiger charge is -2.15. The SMILES string of the molecule is CCOC(=O)Cc1ccccc1OCc1cc(-c2cccc(CC)c2)c2oc(CN(C)Cc3ccccc3)cc2c1. The summed E-state index contributed by atoms with van der Waals surface area (Å²) in [5.41, 5.74) is 7.45. The molecule has 41 heavy (non-hydrogen) atoms. The first-order valence-electron chi connectivity index (χ1n) is 14.3. The molecule has 4 aromatic carbocycles. The Bertz CT molecular complexity index is 1610. The molecule has 5 nitrogen and oxygen atoms in total. The van der Waals surface area contributed by atoms with Crippen LogP contribution >= 0.6 is 0 Å². The zero-order chi connectivity index (χ0) is 28.6. The van der Waals surface area contributed by atoms with Gasteiger partial charge in [0, 0.05) is 23.1 Å². The van der Waals surface area contributed by atoms with Crippen LogP contribution in [-0.2, 0) is 42.1 Å². The molecule has 0 aliphatic rings. The molecule has 0 spiro atoms. The highest BCUT2D eigenvalue weighted by Crippen LogP contribution is 2.34. The Morgan fingerprint density at radius 3 is 2.39 bits per heavy atom. The second-order valence-corrected chi connectivity index (χ2v) is 10.4. The molecule has 0 N–H and O–H groups in total. The normalized spacial score (nSPS) is 11.2. The van der Waals surface area contributed by atoms with E-state index in [9.17, 15) is 4.79 Å². The van der Waals surface area contributed by atoms with Gasteiger partial charge in [-0.05, 0) is 66.9 Å². The summed E-state index contributed by atoms with van der Waals surface area (Å²) in [7, 11) is 2.11. The standard InChI is InChI=1S/C36H37NO4/c1-4-26-14-11-16-29(18-26)33-20-28(25-40-34-17-10-9-15-30(34)22-35(38)39-5-2)19-31-21-32(41-36(31)33)24-37(3)23-27-12-7-6-8-13-27/h6-21H,4-5,22-25H2,1-3H3. The van der Waals surface area contributed by atoms with Gasteiger partial charge in [-0.15, -0.1) is 0 Å². The van der Waals surface area contributed by atoms with E-state index in [1.54, 1.807) is 0 Å². The van der Waals surface area contributed by atoms with Crippen LogP contribution in [0.5, 0.6) is 5.75 Å². The van der Waals surface area contributed by atoms with Gasteiger partial charge < -0.3 is 13.9 Å². The Balaban J connectivity index is 1.44. The van der Waals surface area contributed by atoms with E-state index in [0.29, 0.717) is 25.5 Å². The van der Waals surface area contributed by atoms with E-state index in [1.165, 1.54) is 11.1 Å². The topological polar surface area (TPSA) is 51.9 Å². The number of ether oxygens (including phenoxy) is 2. The summed E-state index contributed by atoms with van der Waals surface area (Å²) in [5, 5.41) is 1.05. The maximum atomic E-state index is 12.1. The largest absolute Gasteiger partial charge is 0.489 e. The molecule has 0 bridgehead atoms. The van der Waals surface area contributed by atoms with Gasteiger partial charge in [0.15, 0.2) is 0 Å². The van der Waals surface area contributed by atoms with Crippen LogP contribution in [0.2, 0.25) is 0 Å². The average Bonchev–Trinajstić information content (AvgIpc) is 3.39. The summed E-state index contributed by atoms with van der Waals surface area (Å²) in [6, 6.07) is 33.2. The number of nitrogens with zero attached hydrogens (tertiary/aromatic N) is 1. The molecule has 0 fully saturated rings. The van der Waals surface area contributed by atoms with Crippen LogP contribution in [0, 0.1) is 0 Å². The van der Waals surface area contributed by atoms with Crippen molar-refractivity contribution in [3.63, 3.8) is 0 Å². The molecule has 0 aliphatic carbocycles. The first kappa shape index (κ1) is 28.2. The van der Waals surface area contributed by atoms with E-state index in [4.69, 9.17) is 13.9 Å². The van der Waals surface area contributed by atoms with Crippen molar-refractivity contribution >= 4 is 16.9 Å². The third-order valence-corrected chi connectivity index (χ3v) is 7.10. The summed E-state index contributed by atoms with van der Waals surface area (Å²) in [5.74, 6) is 1.35. The van der Waals surface area contributed by atoms with Crippen molar-refractivity contribution < 1.29 is 18.7 Å². The van der Waals surface area contributed by atoms with Crippen LogP contribution in [0.4, 0.5) is 0 Å². The van der Waals surface area contributed by atoms with Crippen LogP contribution < -0.4 is 4.74 Å². The number of rotatable bonds is 12. The van der Waals surface area contributed by atoms with Crippen LogP contribution in [0.15, 0.2) is 101 Å². The molecule has 5 rings (SSSR count). The first-order chi connectivity index (χ1) is 20.0. The number of hydrogen-bond donors (Lipinski definition) is 0. The summed E-state index contributed by atoms with van der Waals surface area (Å²) in [6.07, 6.45) is 1.14. The molecule has 0 radical (unpaired) electrons. The Labute approximate surface area is 242 Å². The van der Waals surface area contributed by atoms with Gasteiger partial charge >= 0.3 is 5.97 Å². The molecule has 0 aliphatic heterocycles. The van der Waals surface area contributed by atoms with Crippen molar-refractivity contribution in [3.8, 4) is 16.9 Å². The van der Waals surface area contributed by atoms with Gasteiger partial charge in [0.25, 0.3) is 0 Å². The van der Waals surface area contributed by atoms with E-state index in [2.05, 4.69) is 85.6 Å². The smallest absolute Gasteiger partial charge is 0.310 e. The lowest BCUT2D eigenvalue weighted by atomic mass is 9.98. The van der Waals surface area contributed by atoms with Gasteiger partial charge in [0.05, 0.1) is 19.6 Å². The molecule has 5 heteroatoms. The predicted molar refractivity (Wildman–Crippen MR) is 164 cm³/mol. The van der Waals surface area contributed by atoms with Crippen molar-refractivity contribution in [2.75, 3.05) is 13.7 Å². The molecule has 0 amide bonds. The molecule has 0 saturated carbocycles. The summed E-state index contributed by atoms with van der Waals surface area (Å²) < 4.78 is 17.9. The van der Waals surface area contributed by atoms with Crippen LogP contribution in [0.3, 0.4) is 0 Å². The number of hydrogen-bond acceptors (Lipinski definition) is 5. The monoisotopic (exact) mass is 547 g/mol. The number of esters is 1. The number of carbonyl (C=O) groups is 1. The molecule has 0 saturated heterocycles. The van der Waals surface area contributed by atoms with Crippen LogP contribution in [-0.4, -0.2) is 24.5 Å². The minimum atomic E-state index is -0.258. The summed E-state index contributed by atoms with van der Waals surface area (Å²) in [6.45, 7) is 6.25. The van der Waals surface area contributed by atoms with Gasteiger partial charge in [-0.1, -0.05) is 79.7 Å². The third kappa shape index (κ3) is 7.24. The van der Waals surface area contributed by atoms with Crippen molar-refractivity contribution in [1.29, 1.82) is 0 Å². The predicted octanol–water partition coefficient (Wildman–Crippen LogP) is 7.98. The molecule has 0 atom stereocenters. The van der Waals surface area contributed by atoms with E-state index in [-0.39, 0.29) is 12.4 Å². The number of para-hydroxylation sites is 1. The average molecular weight is 548 g/mol. The zero-order valence-electron chi connectivity index (χ0n) is 24.1. The van der Waals surface area contributed by atoms with Crippen molar-refractivity contribution in [2.45, 2.75) is 46.4 Å². The van der Waals surface area contributed by atoms with Gasteiger partial charge in [-0.25, -0.2) is 0 Å². The lowest BCUT2D eigenvalue weighted by Crippen LogP contribution is -2.16. The van der Waals surface area contributed by atoms with E-state index < -0.39 is 0 Å². The molecule has 1 aromatic heterocycles. The first-order valence-corrected chi connectivity index (χ1v) is 14.3. The second-order valence-electron chi connectivity index (χ2n) is 10.4. The highest BCUT2D eigenvalue weighted by atomic mass is 16.5. The minimum Gasteiger partial charge on any atom is -0.489 e. The number of carbonyl (C=O) groups excluding carboxylic acids is 1. The fourth-order valence-corrected chi connectivity index (χ4v) is 5.14. The third-order valence-electron chi connectivity index (χ3n) is 7.10. The van der Waals surface area contributed by atoms with Gasteiger partial charge in [-0.2, -0.15) is 0 Å². The summed E-state index contributed by atoms with van der Waals surface area (Å²) in [4.78, 5) is 14.4. The number of aryl methyl sites for hydroxylation is 1. The van der Waals surface area contributed by atoms with E-state index in [0.717, 1.165) is 51.9 Å². The maximum Gasteiger partial charge on any atom is 0.310 e. The Kier molecular flexibility index (Phi) is 9.17. The molecule has 210 valence electrons. The number of furan rings is 1. The van der Waals surface area contributed by atoms with Gasteiger partial charge in [0.1, 0.15) is 23.7 Å². The highest BCUT2D eigenvalue weighted by molar-refractivity contribution is 5.93. The Morgan fingerprint density at radius 2 is 1.59 bits per heavy atom. The van der Waals surface area contributed by atoms with Crippen LogP contribution in [0.25, 0.3) is 22.1 Å². The van der Waals surface area contributed by atoms with Crippen LogP contribution in [0.1, 0.15) is 41.9 Å². The van der Waals surface area contributed by atoms with Crippen molar-refractivity contribution in [1.82, 2.24) is 4.90 Å². The minimum absolute atomic E-state index is 0.180. The molecule has 0 unspecified atom stereocenters. The Hall–Kier alpha value is -4.35.